The SMILES string of the molecule is Cc1cc2nc(C(=O)NCCN(C)C)c(=O)n(C[C@H](O)[C@H](O)[C@H](O)C(=O)O)c2cc1C. The number of nitrogens with zero attached hydrogens (tertiary/aromatic N) is 3. The zero-order valence-corrected chi connectivity index (χ0v) is 17.9. The van der Waals surface area contributed by atoms with Crippen molar-refractivity contribution in [3.8, 4) is 0 Å². The number of carbonyl (C=O) groups is 2. The molecule has 11 heteroatoms. The first-order chi connectivity index (χ1) is 14.4. The van der Waals surface area contributed by atoms with Gasteiger partial charge in [0.25, 0.3) is 11.5 Å². The van der Waals surface area contributed by atoms with E-state index in [1.165, 1.54) is 0 Å². The zero-order valence-electron chi connectivity index (χ0n) is 17.9. The number of fused-ring (bicyclic) bond motifs is 1. The zero-order chi connectivity index (χ0) is 23.5. The standard InChI is InChI=1S/C20H28N4O7/c1-10-7-12-13(8-11(10)2)24(9-14(25)16(26)17(27)20(30)31)19(29)15(22-12)18(28)21-5-6-23(3)4/h7-8,14,16-17,25-27H,5-6,9H2,1-4H3,(H,21,28)(H,30,31)/t14-,16-,17-/m0/s1. The largest absolute Gasteiger partial charge is 0.479 e. The molecule has 0 aliphatic heterocycles. The van der Waals surface area contributed by atoms with Crippen LogP contribution < -0.4 is 10.9 Å². The summed E-state index contributed by atoms with van der Waals surface area (Å²) in [5.41, 5.74) is 1.11. The van der Waals surface area contributed by atoms with E-state index in [4.69, 9.17) is 5.11 Å². The van der Waals surface area contributed by atoms with Crippen molar-refractivity contribution < 1.29 is 30.0 Å². The van der Waals surface area contributed by atoms with E-state index >= 15 is 0 Å². The number of hydrogen-bond donors (Lipinski definition) is 5. The van der Waals surface area contributed by atoms with E-state index in [0.717, 1.165) is 15.7 Å². The van der Waals surface area contributed by atoms with Crippen LogP contribution in [0.4, 0.5) is 0 Å². The third kappa shape index (κ3) is 5.64. The van der Waals surface area contributed by atoms with Crippen molar-refractivity contribution in [2.24, 2.45) is 0 Å². The highest BCUT2D eigenvalue weighted by molar-refractivity contribution is 5.94. The predicted octanol–water partition coefficient (Wildman–Crippen LogP) is -1.53. The highest BCUT2D eigenvalue weighted by Gasteiger charge is 2.31. The fourth-order valence-corrected chi connectivity index (χ4v) is 2.95. The lowest BCUT2D eigenvalue weighted by atomic mass is 10.1. The van der Waals surface area contributed by atoms with Gasteiger partial charge in [0.15, 0.2) is 11.8 Å². The average molecular weight is 436 g/mol. The Kier molecular flexibility index (Phi) is 7.85. The number of hydrogen-bond acceptors (Lipinski definition) is 8. The van der Waals surface area contributed by atoms with Crippen molar-refractivity contribution in [1.29, 1.82) is 0 Å². The summed E-state index contributed by atoms with van der Waals surface area (Å²) >= 11 is 0. The quantitative estimate of drug-likeness (QED) is 0.314. The minimum absolute atomic E-state index is 0.282. The number of carboxylic acid groups (broad SMARTS) is 1. The lowest BCUT2D eigenvalue weighted by Gasteiger charge is -2.22. The lowest BCUT2D eigenvalue weighted by molar-refractivity contribution is -0.158. The molecule has 0 radical (unpaired) electrons. The van der Waals surface area contributed by atoms with Crippen LogP contribution in [0.2, 0.25) is 0 Å². The molecule has 2 aromatic rings. The van der Waals surface area contributed by atoms with E-state index in [1.54, 1.807) is 12.1 Å². The minimum Gasteiger partial charge on any atom is -0.479 e. The fourth-order valence-electron chi connectivity index (χ4n) is 2.95. The Balaban J connectivity index is 2.53. The van der Waals surface area contributed by atoms with Gasteiger partial charge in [0.05, 0.1) is 17.6 Å². The van der Waals surface area contributed by atoms with Gasteiger partial charge in [-0.2, -0.15) is 0 Å². The van der Waals surface area contributed by atoms with E-state index in [2.05, 4.69) is 10.3 Å². The number of rotatable bonds is 9. The number of likely N-dealkylation sites (N-methyl/N-ethyl adjacent to an activating group) is 1. The highest BCUT2D eigenvalue weighted by atomic mass is 16.4. The Labute approximate surface area is 178 Å². The third-order valence-electron chi connectivity index (χ3n) is 4.96. The molecular weight excluding hydrogens is 408 g/mol. The molecule has 5 N–H and O–H groups in total. The average Bonchev–Trinajstić information content (AvgIpc) is 2.69. The van der Waals surface area contributed by atoms with Gasteiger partial charge in [0.2, 0.25) is 0 Å². The van der Waals surface area contributed by atoms with E-state index in [0.29, 0.717) is 17.6 Å². The van der Waals surface area contributed by atoms with Crippen molar-refractivity contribution >= 4 is 22.9 Å². The number of carbonyl (C=O) groups excluding carboxylic acids is 1. The van der Waals surface area contributed by atoms with Crippen LogP contribution in [0.25, 0.3) is 11.0 Å². The Bertz CT molecular complexity index is 1030. The summed E-state index contributed by atoms with van der Waals surface area (Å²) < 4.78 is 1.05. The van der Waals surface area contributed by atoms with Gasteiger partial charge >= 0.3 is 5.97 Å². The Morgan fingerprint density at radius 2 is 1.77 bits per heavy atom. The van der Waals surface area contributed by atoms with Crippen LogP contribution in [0.15, 0.2) is 16.9 Å². The minimum atomic E-state index is -2.24. The Morgan fingerprint density at radius 3 is 2.35 bits per heavy atom. The number of aromatic nitrogens is 2. The molecule has 1 heterocycles. The number of aliphatic carboxylic acids is 1. The van der Waals surface area contributed by atoms with Gasteiger partial charge in [-0.15, -0.1) is 0 Å². The van der Waals surface area contributed by atoms with Gasteiger partial charge in [-0.05, 0) is 51.2 Å². The molecule has 0 unspecified atom stereocenters. The number of benzene rings is 1. The van der Waals surface area contributed by atoms with E-state index < -0.39 is 48.0 Å². The van der Waals surface area contributed by atoms with E-state index in [9.17, 15) is 29.7 Å². The molecule has 1 amide bonds. The smallest absolute Gasteiger partial charge is 0.335 e. The molecule has 0 saturated carbocycles. The maximum absolute atomic E-state index is 13.0. The van der Waals surface area contributed by atoms with E-state index in [-0.39, 0.29) is 6.54 Å². The van der Waals surface area contributed by atoms with Crippen molar-refractivity contribution in [1.82, 2.24) is 19.8 Å². The summed E-state index contributed by atoms with van der Waals surface area (Å²) in [7, 11) is 3.66. The second-order valence-electron chi connectivity index (χ2n) is 7.70. The predicted molar refractivity (Wildman–Crippen MR) is 112 cm³/mol. The summed E-state index contributed by atoms with van der Waals surface area (Å²) in [5.74, 6) is -2.41. The number of carboxylic acids is 1. The normalized spacial score (nSPS) is 14.5. The fraction of sp³-hybridized carbons (Fsp3) is 0.500. The van der Waals surface area contributed by atoms with Gasteiger partial charge in [0.1, 0.15) is 12.2 Å². The summed E-state index contributed by atoms with van der Waals surface area (Å²) in [6.07, 6.45) is -6.08. The maximum Gasteiger partial charge on any atom is 0.335 e. The van der Waals surface area contributed by atoms with Crippen molar-refractivity contribution in [3.05, 3.63) is 39.3 Å². The van der Waals surface area contributed by atoms with Crippen molar-refractivity contribution in [3.63, 3.8) is 0 Å². The van der Waals surface area contributed by atoms with Crippen LogP contribution in [0.1, 0.15) is 21.6 Å². The monoisotopic (exact) mass is 436 g/mol. The molecule has 3 atom stereocenters. The molecule has 0 bridgehead atoms. The summed E-state index contributed by atoms with van der Waals surface area (Å²) in [5, 5.41) is 41.2. The summed E-state index contributed by atoms with van der Waals surface area (Å²) in [6.45, 7) is 3.92. The van der Waals surface area contributed by atoms with Crippen LogP contribution in [-0.2, 0) is 11.3 Å². The molecule has 2 rings (SSSR count). The van der Waals surface area contributed by atoms with Crippen LogP contribution in [-0.4, -0.2) is 92.3 Å². The molecule has 0 spiro atoms. The molecule has 1 aromatic heterocycles. The van der Waals surface area contributed by atoms with Crippen molar-refractivity contribution in [2.75, 3.05) is 27.2 Å². The Hall–Kier alpha value is -2.86. The van der Waals surface area contributed by atoms with Crippen LogP contribution in [0.5, 0.6) is 0 Å². The second-order valence-corrected chi connectivity index (χ2v) is 7.70. The number of aryl methyl sites for hydroxylation is 2. The molecule has 31 heavy (non-hydrogen) atoms. The molecule has 170 valence electrons. The van der Waals surface area contributed by atoms with Crippen LogP contribution in [0.3, 0.4) is 0 Å². The van der Waals surface area contributed by atoms with Crippen molar-refractivity contribution in [2.45, 2.75) is 38.7 Å². The number of nitrogens with one attached hydrogen (secondary N) is 1. The number of aliphatic hydroxyl groups excluding tert-OH is 3. The molecule has 11 nitrogen and oxygen atoms in total. The topological polar surface area (TPSA) is 165 Å². The third-order valence-corrected chi connectivity index (χ3v) is 4.96. The van der Waals surface area contributed by atoms with Crippen LogP contribution in [0, 0.1) is 13.8 Å². The molecular formula is C20H28N4O7. The number of aliphatic hydroxyl groups is 3. The lowest BCUT2D eigenvalue weighted by Crippen LogP contribution is -2.46. The van der Waals surface area contributed by atoms with Gasteiger partial charge < -0.3 is 35.2 Å². The molecule has 1 aromatic carbocycles. The molecule has 0 aliphatic carbocycles. The first kappa shape index (κ1) is 24.4. The summed E-state index contributed by atoms with van der Waals surface area (Å²) in [6, 6.07) is 3.34. The number of amides is 1. The highest BCUT2D eigenvalue weighted by Crippen LogP contribution is 2.18. The first-order valence-corrected chi connectivity index (χ1v) is 9.65. The van der Waals surface area contributed by atoms with Gasteiger partial charge in [-0.3, -0.25) is 9.59 Å². The molecule has 0 aliphatic rings. The van der Waals surface area contributed by atoms with E-state index in [1.807, 2.05) is 32.8 Å². The Morgan fingerprint density at radius 1 is 1.16 bits per heavy atom. The maximum atomic E-state index is 13.0. The molecule has 0 saturated heterocycles. The van der Waals surface area contributed by atoms with Gasteiger partial charge in [0, 0.05) is 13.1 Å². The second kappa shape index (κ2) is 9.96. The van der Waals surface area contributed by atoms with Crippen LogP contribution >= 0.6 is 0 Å². The summed E-state index contributed by atoms with van der Waals surface area (Å²) in [4.78, 5) is 42.6. The molecule has 0 fully saturated rings. The van der Waals surface area contributed by atoms with Gasteiger partial charge in [-0.25, -0.2) is 9.78 Å². The van der Waals surface area contributed by atoms with Gasteiger partial charge in [-0.1, -0.05) is 0 Å². The first-order valence-electron chi connectivity index (χ1n) is 9.65.